The van der Waals surface area contributed by atoms with Crippen LogP contribution in [0.4, 0.5) is 4.39 Å². The van der Waals surface area contributed by atoms with Crippen LogP contribution < -0.4 is 18.9 Å². The lowest BCUT2D eigenvalue weighted by Crippen LogP contribution is -2.47. The molecule has 3 rings (SSSR count). The van der Waals surface area contributed by atoms with Gasteiger partial charge >= 0.3 is 0 Å². The van der Waals surface area contributed by atoms with E-state index >= 15 is 0 Å². The van der Waals surface area contributed by atoms with Crippen LogP contribution in [0.15, 0.2) is 36.4 Å². The van der Waals surface area contributed by atoms with Gasteiger partial charge < -0.3 is 23.8 Å². The van der Waals surface area contributed by atoms with Crippen LogP contribution in [0.2, 0.25) is 0 Å². The fourth-order valence-corrected chi connectivity index (χ4v) is 3.65. The molecule has 2 aromatic rings. The Labute approximate surface area is 202 Å². The quantitative estimate of drug-likeness (QED) is 0.502. The standard InChI is InChI=1S/C23H31FN2O4.2ClH/c1-27-21-16-18(17-22(28-2)23(21)29-3)8-9-25-10-12-26(13-11-25)14-15-30-20-7-5-4-6-19(20)24;;/h4-7,16-17H,8-15H2,1-3H3;2*1H. The highest BCUT2D eigenvalue weighted by Gasteiger charge is 2.18. The Morgan fingerprint density at radius 2 is 1.34 bits per heavy atom. The summed E-state index contributed by atoms with van der Waals surface area (Å²) in [4.78, 5) is 4.81. The molecule has 9 heteroatoms. The van der Waals surface area contributed by atoms with Crippen molar-refractivity contribution in [3.8, 4) is 23.0 Å². The number of rotatable bonds is 10. The largest absolute Gasteiger partial charge is 0.493 e. The Morgan fingerprint density at radius 3 is 1.88 bits per heavy atom. The van der Waals surface area contributed by atoms with Crippen molar-refractivity contribution in [2.75, 3.05) is 67.2 Å². The van der Waals surface area contributed by atoms with Crippen molar-refractivity contribution in [2.24, 2.45) is 0 Å². The SMILES string of the molecule is COc1cc(CCN2CCN(CCOc3ccccc3F)CC2)cc(OC)c1OC.Cl.Cl. The Morgan fingerprint density at radius 1 is 0.781 bits per heavy atom. The molecule has 1 aliphatic rings. The van der Waals surface area contributed by atoms with Gasteiger partial charge in [-0.05, 0) is 36.2 Å². The molecule has 0 radical (unpaired) electrons. The first-order chi connectivity index (χ1) is 14.6. The van der Waals surface area contributed by atoms with Crippen molar-refractivity contribution in [2.45, 2.75) is 6.42 Å². The second kappa shape index (κ2) is 14.3. The zero-order valence-electron chi connectivity index (χ0n) is 18.8. The first-order valence-corrected chi connectivity index (χ1v) is 10.3. The molecule has 6 nitrogen and oxygen atoms in total. The predicted octanol–water partition coefficient (Wildman–Crippen LogP) is 3.93. The van der Waals surface area contributed by atoms with Gasteiger partial charge in [-0.25, -0.2) is 4.39 Å². The molecular formula is C23H33Cl2FN2O4. The van der Waals surface area contributed by atoms with Gasteiger partial charge in [0.2, 0.25) is 5.75 Å². The van der Waals surface area contributed by atoms with Crippen LogP contribution in [0.1, 0.15) is 5.56 Å². The highest BCUT2D eigenvalue weighted by atomic mass is 35.5. The van der Waals surface area contributed by atoms with Gasteiger partial charge in [0.05, 0.1) is 21.3 Å². The molecule has 0 spiro atoms. The van der Waals surface area contributed by atoms with Gasteiger partial charge in [0.1, 0.15) is 6.61 Å². The maximum Gasteiger partial charge on any atom is 0.203 e. The van der Waals surface area contributed by atoms with Crippen molar-refractivity contribution in [3.05, 3.63) is 47.8 Å². The lowest BCUT2D eigenvalue weighted by Gasteiger charge is -2.34. The molecular weight excluding hydrogens is 458 g/mol. The molecule has 0 aliphatic carbocycles. The Hall–Kier alpha value is -1.93. The zero-order valence-corrected chi connectivity index (χ0v) is 20.5. The summed E-state index contributed by atoms with van der Waals surface area (Å²) >= 11 is 0. The van der Waals surface area contributed by atoms with Crippen LogP contribution in [0.3, 0.4) is 0 Å². The van der Waals surface area contributed by atoms with Crippen LogP contribution >= 0.6 is 24.8 Å². The summed E-state index contributed by atoms with van der Waals surface area (Å²) in [6.07, 6.45) is 0.910. The number of para-hydroxylation sites is 1. The van der Waals surface area contributed by atoms with Crippen LogP contribution in [0.5, 0.6) is 23.0 Å². The van der Waals surface area contributed by atoms with Crippen molar-refractivity contribution in [3.63, 3.8) is 0 Å². The topological polar surface area (TPSA) is 43.4 Å². The van der Waals surface area contributed by atoms with E-state index in [-0.39, 0.29) is 30.6 Å². The fraction of sp³-hybridized carbons (Fsp3) is 0.478. The van der Waals surface area contributed by atoms with Gasteiger partial charge in [-0.1, -0.05) is 12.1 Å². The Bertz CT molecular complexity index is 795. The van der Waals surface area contributed by atoms with Gasteiger partial charge in [-0.2, -0.15) is 0 Å². The van der Waals surface area contributed by atoms with E-state index in [0.717, 1.165) is 51.3 Å². The fourth-order valence-electron chi connectivity index (χ4n) is 3.65. The van der Waals surface area contributed by atoms with E-state index in [4.69, 9.17) is 18.9 Å². The number of benzene rings is 2. The number of methoxy groups -OCH3 is 3. The lowest BCUT2D eigenvalue weighted by molar-refractivity contribution is 0.117. The normalized spacial score (nSPS) is 14.1. The van der Waals surface area contributed by atoms with Crippen LogP contribution in [0.25, 0.3) is 0 Å². The van der Waals surface area contributed by atoms with Crippen molar-refractivity contribution in [1.29, 1.82) is 0 Å². The summed E-state index contributed by atoms with van der Waals surface area (Å²) in [5.74, 6) is 2.00. The van der Waals surface area contributed by atoms with E-state index in [2.05, 4.69) is 9.80 Å². The molecule has 0 bridgehead atoms. The highest BCUT2D eigenvalue weighted by Crippen LogP contribution is 2.38. The summed E-state index contributed by atoms with van der Waals surface area (Å²) in [5, 5.41) is 0. The number of hydrogen-bond donors (Lipinski definition) is 0. The van der Waals surface area contributed by atoms with E-state index in [1.165, 1.54) is 6.07 Å². The molecule has 0 unspecified atom stereocenters. The third-order valence-electron chi connectivity index (χ3n) is 5.41. The highest BCUT2D eigenvalue weighted by molar-refractivity contribution is 5.85. The maximum atomic E-state index is 13.6. The van der Waals surface area contributed by atoms with Gasteiger partial charge in [0.25, 0.3) is 0 Å². The lowest BCUT2D eigenvalue weighted by atomic mass is 10.1. The first kappa shape index (κ1) is 28.1. The van der Waals surface area contributed by atoms with E-state index < -0.39 is 0 Å². The third-order valence-corrected chi connectivity index (χ3v) is 5.41. The minimum Gasteiger partial charge on any atom is -0.493 e. The van der Waals surface area contributed by atoms with Gasteiger partial charge in [-0.3, -0.25) is 4.90 Å². The third kappa shape index (κ3) is 7.59. The number of ether oxygens (including phenoxy) is 4. The molecule has 180 valence electrons. The summed E-state index contributed by atoms with van der Waals surface area (Å²) in [6.45, 7) is 6.24. The zero-order chi connectivity index (χ0) is 21.3. The molecule has 1 fully saturated rings. The van der Waals surface area contributed by atoms with Crippen molar-refractivity contribution < 1.29 is 23.3 Å². The second-order valence-corrected chi connectivity index (χ2v) is 7.25. The van der Waals surface area contributed by atoms with E-state index in [0.29, 0.717) is 29.6 Å². The minimum atomic E-state index is -0.311. The van der Waals surface area contributed by atoms with Crippen LogP contribution in [-0.4, -0.2) is 77.0 Å². The minimum absolute atomic E-state index is 0. The molecule has 2 aromatic carbocycles. The number of piperazine rings is 1. The Balaban J connectivity index is 0.00000256. The summed E-state index contributed by atoms with van der Waals surface area (Å²) < 4.78 is 35.4. The summed E-state index contributed by atoms with van der Waals surface area (Å²) in [7, 11) is 4.88. The van der Waals surface area contributed by atoms with E-state index in [1.807, 2.05) is 12.1 Å². The monoisotopic (exact) mass is 490 g/mol. The van der Waals surface area contributed by atoms with Crippen LogP contribution in [0, 0.1) is 5.82 Å². The van der Waals surface area contributed by atoms with Gasteiger partial charge in [0, 0.05) is 39.3 Å². The van der Waals surface area contributed by atoms with Crippen molar-refractivity contribution in [1.82, 2.24) is 9.80 Å². The van der Waals surface area contributed by atoms with Gasteiger partial charge in [-0.15, -0.1) is 24.8 Å². The summed E-state index contributed by atoms with van der Waals surface area (Å²) in [6, 6.07) is 10.6. The van der Waals surface area contributed by atoms with Crippen molar-refractivity contribution >= 4 is 24.8 Å². The molecule has 0 aromatic heterocycles. The molecule has 0 N–H and O–H groups in total. The van der Waals surface area contributed by atoms with Gasteiger partial charge in [0.15, 0.2) is 23.1 Å². The first-order valence-electron chi connectivity index (χ1n) is 10.3. The average molecular weight is 491 g/mol. The summed E-state index contributed by atoms with van der Waals surface area (Å²) in [5.41, 5.74) is 1.16. The molecule has 1 aliphatic heterocycles. The Kier molecular flexibility index (Phi) is 12.5. The van der Waals surface area contributed by atoms with Crippen LogP contribution in [-0.2, 0) is 6.42 Å². The smallest absolute Gasteiger partial charge is 0.203 e. The molecule has 0 amide bonds. The number of halogens is 3. The average Bonchev–Trinajstić information content (AvgIpc) is 2.79. The predicted molar refractivity (Wildman–Crippen MR) is 129 cm³/mol. The number of hydrogen-bond acceptors (Lipinski definition) is 6. The molecule has 1 heterocycles. The van der Waals surface area contributed by atoms with E-state index in [9.17, 15) is 4.39 Å². The molecule has 0 saturated carbocycles. The number of nitrogens with zero attached hydrogens (tertiary/aromatic N) is 2. The second-order valence-electron chi connectivity index (χ2n) is 7.25. The maximum absolute atomic E-state index is 13.6. The molecule has 32 heavy (non-hydrogen) atoms. The molecule has 0 atom stereocenters. The van der Waals surface area contributed by atoms with E-state index in [1.54, 1.807) is 39.5 Å². The molecule has 1 saturated heterocycles.